The number of nitrogens with zero attached hydrogens (tertiary/aromatic N) is 4. The van der Waals surface area contributed by atoms with E-state index in [4.69, 9.17) is 4.74 Å². The zero-order valence-corrected chi connectivity index (χ0v) is 12.2. The van der Waals surface area contributed by atoms with Crippen molar-refractivity contribution >= 4 is 5.95 Å². The van der Waals surface area contributed by atoms with E-state index < -0.39 is 0 Å². The molecule has 1 atom stereocenters. The minimum absolute atomic E-state index is 0.285. The summed E-state index contributed by atoms with van der Waals surface area (Å²) in [6, 6.07) is 3.80. The van der Waals surface area contributed by atoms with Crippen LogP contribution in [0, 0.1) is 6.92 Å². The molecule has 1 aliphatic heterocycles. The number of methoxy groups -OCH3 is 1. The molecule has 0 spiro atoms. The molecule has 1 fully saturated rings. The van der Waals surface area contributed by atoms with Gasteiger partial charge in [-0.3, -0.25) is 0 Å². The Bertz CT molecular complexity index is 647. The first kappa shape index (κ1) is 13.8. The highest BCUT2D eigenvalue weighted by atomic mass is 16.5. The number of hydrogen-bond donors (Lipinski definition) is 1. The van der Waals surface area contributed by atoms with Crippen LogP contribution < -0.4 is 9.64 Å². The molecule has 1 saturated heterocycles. The molecule has 6 nitrogen and oxygen atoms in total. The van der Waals surface area contributed by atoms with E-state index in [1.165, 1.54) is 0 Å². The minimum atomic E-state index is -0.285. The molecule has 0 unspecified atom stereocenters. The van der Waals surface area contributed by atoms with Gasteiger partial charge in [0, 0.05) is 36.6 Å². The predicted molar refractivity (Wildman–Crippen MR) is 79.4 cm³/mol. The molecule has 3 rings (SSSR count). The smallest absolute Gasteiger partial charge is 0.225 e. The molecule has 0 radical (unpaired) electrons. The van der Waals surface area contributed by atoms with Crippen LogP contribution in [0.15, 0.2) is 24.5 Å². The van der Waals surface area contributed by atoms with E-state index in [0.717, 1.165) is 29.8 Å². The number of pyridine rings is 1. The molecule has 0 saturated carbocycles. The maximum absolute atomic E-state index is 9.61. The highest BCUT2D eigenvalue weighted by Gasteiger charge is 2.23. The van der Waals surface area contributed by atoms with Gasteiger partial charge >= 0.3 is 0 Å². The summed E-state index contributed by atoms with van der Waals surface area (Å²) in [5, 5.41) is 9.61. The van der Waals surface area contributed by atoms with Gasteiger partial charge < -0.3 is 14.7 Å². The quantitative estimate of drug-likeness (QED) is 0.920. The van der Waals surface area contributed by atoms with Crippen LogP contribution in [0.4, 0.5) is 5.95 Å². The number of aliphatic hydroxyl groups excluding tert-OH is 1. The van der Waals surface area contributed by atoms with Crippen molar-refractivity contribution in [2.24, 2.45) is 0 Å². The fourth-order valence-corrected chi connectivity index (χ4v) is 2.55. The molecule has 21 heavy (non-hydrogen) atoms. The van der Waals surface area contributed by atoms with Crippen molar-refractivity contribution in [1.82, 2.24) is 15.0 Å². The monoisotopic (exact) mass is 286 g/mol. The zero-order valence-electron chi connectivity index (χ0n) is 12.2. The Balaban J connectivity index is 1.94. The third kappa shape index (κ3) is 2.67. The molecule has 110 valence electrons. The second-order valence-electron chi connectivity index (χ2n) is 5.12. The summed E-state index contributed by atoms with van der Waals surface area (Å²) < 4.78 is 5.29. The molecule has 2 aromatic heterocycles. The summed E-state index contributed by atoms with van der Waals surface area (Å²) in [5.41, 5.74) is 2.65. The first-order valence-electron chi connectivity index (χ1n) is 6.95. The van der Waals surface area contributed by atoms with Crippen LogP contribution in [-0.4, -0.2) is 46.4 Å². The molecule has 1 N–H and O–H groups in total. The molecule has 0 aromatic carbocycles. The van der Waals surface area contributed by atoms with Gasteiger partial charge in [-0.2, -0.15) is 0 Å². The van der Waals surface area contributed by atoms with Gasteiger partial charge in [0.25, 0.3) is 0 Å². The van der Waals surface area contributed by atoms with Crippen LogP contribution in [0.3, 0.4) is 0 Å². The normalized spacial score (nSPS) is 18.0. The van der Waals surface area contributed by atoms with E-state index in [-0.39, 0.29) is 6.10 Å². The standard InChI is InChI=1S/C15H18N4O2/c1-10-13(12-4-3-6-16-14(12)21-2)8-17-15(18-10)19-7-5-11(20)9-19/h3-4,6,8,11,20H,5,7,9H2,1-2H3/t11-/m1/s1. The van der Waals surface area contributed by atoms with Gasteiger partial charge in [0.05, 0.1) is 18.9 Å². The van der Waals surface area contributed by atoms with Crippen LogP contribution in [0.2, 0.25) is 0 Å². The lowest BCUT2D eigenvalue weighted by Crippen LogP contribution is -2.23. The van der Waals surface area contributed by atoms with Gasteiger partial charge in [0.2, 0.25) is 11.8 Å². The Morgan fingerprint density at radius 1 is 1.33 bits per heavy atom. The summed E-state index contributed by atoms with van der Waals surface area (Å²) in [6.45, 7) is 3.32. The average Bonchev–Trinajstić information content (AvgIpc) is 2.94. The molecule has 0 amide bonds. The fourth-order valence-electron chi connectivity index (χ4n) is 2.55. The molecular formula is C15H18N4O2. The first-order chi connectivity index (χ1) is 10.2. The van der Waals surface area contributed by atoms with Crippen LogP contribution in [0.25, 0.3) is 11.1 Å². The highest BCUT2D eigenvalue weighted by Crippen LogP contribution is 2.30. The van der Waals surface area contributed by atoms with E-state index >= 15 is 0 Å². The van der Waals surface area contributed by atoms with Crippen molar-refractivity contribution in [2.45, 2.75) is 19.4 Å². The van der Waals surface area contributed by atoms with Crippen molar-refractivity contribution in [3.05, 3.63) is 30.2 Å². The maximum atomic E-state index is 9.61. The summed E-state index contributed by atoms with van der Waals surface area (Å²) in [4.78, 5) is 15.2. The Morgan fingerprint density at radius 3 is 2.86 bits per heavy atom. The average molecular weight is 286 g/mol. The Hall–Kier alpha value is -2.21. The van der Waals surface area contributed by atoms with Crippen molar-refractivity contribution < 1.29 is 9.84 Å². The van der Waals surface area contributed by atoms with Crippen molar-refractivity contribution in [3.8, 4) is 17.0 Å². The number of aryl methyl sites for hydroxylation is 1. The lowest BCUT2D eigenvalue weighted by atomic mass is 10.1. The molecule has 2 aromatic rings. The van der Waals surface area contributed by atoms with E-state index in [2.05, 4.69) is 15.0 Å². The lowest BCUT2D eigenvalue weighted by Gasteiger charge is -2.17. The van der Waals surface area contributed by atoms with E-state index in [1.807, 2.05) is 24.0 Å². The lowest BCUT2D eigenvalue weighted by molar-refractivity contribution is 0.198. The second kappa shape index (κ2) is 5.65. The van der Waals surface area contributed by atoms with Crippen LogP contribution in [0.1, 0.15) is 12.1 Å². The summed E-state index contributed by atoms with van der Waals surface area (Å²) in [5.74, 6) is 1.23. The number of β-amino-alcohol motifs (C(OH)–C–C–N with tert-alkyl or cyclic N) is 1. The number of hydrogen-bond acceptors (Lipinski definition) is 6. The highest BCUT2D eigenvalue weighted by molar-refractivity contribution is 5.70. The minimum Gasteiger partial charge on any atom is -0.481 e. The van der Waals surface area contributed by atoms with Gasteiger partial charge in [0.15, 0.2) is 0 Å². The Labute approximate surface area is 123 Å². The van der Waals surface area contributed by atoms with Crippen LogP contribution in [-0.2, 0) is 0 Å². The molecule has 0 bridgehead atoms. The van der Waals surface area contributed by atoms with E-state index in [9.17, 15) is 5.11 Å². The number of aromatic nitrogens is 3. The Morgan fingerprint density at radius 2 is 2.19 bits per heavy atom. The molecule has 6 heteroatoms. The van der Waals surface area contributed by atoms with E-state index in [0.29, 0.717) is 18.4 Å². The van der Waals surface area contributed by atoms with Gasteiger partial charge in [-0.15, -0.1) is 0 Å². The molecular weight excluding hydrogens is 268 g/mol. The van der Waals surface area contributed by atoms with E-state index in [1.54, 1.807) is 19.5 Å². The molecule has 3 heterocycles. The summed E-state index contributed by atoms with van der Waals surface area (Å²) >= 11 is 0. The van der Waals surface area contributed by atoms with Crippen LogP contribution >= 0.6 is 0 Å². The van der Waals surface area contributed by atoms with Gasteiger partial charge in [-0.25, -0.2) is 15.0 Å². The maximum Gasteiger partial charge on any atom is 0.225 e. The van der Waals surface area contributed by atoms with Gasteiger partial charge in [-0.1, -0.05) is 0 Å². The zero-order chi connectivity index (χ0) is 14.8. The number of ether oxygens (including phenoxy) is 1. The number of anilines is 1. The predicted octanol–water partition coefficient (Wildman–Crippen LogP) is 1.43. The summed E-state index contributed by atoms with van der Waals surface area (Å²) in [7, 11) is 1.60. The van der Waals surface area contributed by atoms with Gasteiger partial charge in [0.1, 0.15) is 0 Å². The largest absolute Gasteiger partial charge is 0.481 e. The SMILES string of the molecule is COc1ncccc1-c1cnc(N2CC[C@@H](O)C2)nc1C. The number of aliphatic hydroxyl groups is 1. The third-order valence-corrected chi connectivity index (χ3v) is 3.67. The summed E-state index contributed by atoms with van der Waals surface area (Å²) in [6.07, 6.45) is 3.97. The number of rotatable bonds is 3. The molecule has 1 aliphatic rings. The van der Waals surface area contributed by atoms with Crippen molar-refractivity contribution in [2.75, 3.05) is 25.1 Å². The first-order valence-corrected chi connectivity index (χ1v) is 6.95. The van der Waals surface area contributed by atoms with Crippen LogP contribution in [0.5, 0.6) is 5.88 Å². The fraction of sp³-hybridized carbons (Fsp3) is 0.400. The van der Waals surface area contributed by atoms with Crippen molar-refractivity contribution in [3.63, 3.8) is 0 Å². The van der Waals surface area contributed by atoms with Gasteiger partial charge in [-0.05, 0) is 25.5 Å². The second-order valence-corrected chi connectivity index (χ2v) is 5.12. The molecule has 0 aliphatic carbocycles. The topological polar surface area (TPSA) is 71.4 Å². The van der Waals surface area contributed by atoms with Crippen molar-refractivity contribution in [1.29, 1.82) is 0 Å². The Kier molecular flexibility index (Phi) is 3.70. The third-order valence-electron chi connectivity index (χ3n) is 3.67.